The van der Waals surface area contributed by atoms with Crippen LogP contribution in [0.25, 0.3) is 44.4 Å². The highest BCUT2D eigenvalue weighted by Gasteiger charge is 2.55. The summed E-state index contributed by atoms with van der Waals surface area (Å²) in [5, 5.41) is 2.28. The van der Waals surface area contributed by atoms with Gasteiger partial charge in [0, 0.05) is 18.7 Å². The SMILES string of the molecule is CC(C)(C)OC(=O)N1CC2(CC2)CC1c1ncc(-c2ccc(-c3ccc4cc(-c5cnc(C6CCCN6C(=O)OCc6ccccc6)[nH]5)ccc4c3)cc2)[nH]1. The summed E-state index contributed by atoms with van der Waals surface area (Å²) in [5.41, 5.74) is 6.82. The van der Waals surface area contributed by atoms with Gasteiger partial charge in [-0.15, -0.1) is 0 Å². The van der Waals surface area contributed by atoms with Crippen LogP contribution in [0.2, 0.25) is 0 Å². The van der Waals surface area contributed by atoms with Crippen LogP contribution in [0.4, 0.5) is 9.59 Å². The predicted octanol–water partition coefficient (Wildman–Crippen LogP) is 10.2. The Morgan fingerprint density at radius 1 is 0.745 bits per heavy atom. The van der Waals surface area contributed by atoms with Crippen molar-refractivity contribution in [3.8, 4) is 33.6 Å². The van der Waals surface area contributed by atoms with E-state index in [2.05, 4.69) is 70.6 Å². The standard InChI is InChI=1S/C45H46N6O4/c1-44(2,3)55-43(53)51-28-45(19-20-45)24-39(51)41-47-25-36(48-41)31-13-11-30(12-14-31)32-15-16-34-23-35(18-17-33(34)22-32)37-26-46-40(49-37)38-10-7-21-50(38)42(52)54-27-29-8-5-4-6-9-29/h4-6,8-9,11-18,22-23,25-26,38-39H,7,10,19-21,24,27-28H2,1-3H3,(H,46,49)(H,47,48). The largest absolute Gasteiger partial charge is 0.445 e. The Balaban J connectivity index is 0.868. The molecule has 10 heteroatoms. The molecule has 280 valence electrons. The summed E-state index contributed by atoms with van der Waals surface area (Å²) < 4.78 is 11.4. The molecule has 3 aliphatic rings. The van der Waals surface area contributed by atoms with Gasteiger partial charge in [-0.25, -0.2) is 19.6 Å². The zero-order valence-corrected chi connectivity index (χ0v) is 31.5. The van der Waals surface area contributed by atoms with E-state index in [0.29, 0.717) is 6.54 Å². The number of carbonyl (C=O) groups is 2. The van der Waals surface area contributed by atoms with Crippen molar-refractivity contribution < 1.29 is 19.1 Å². The molecule has 2 amide bonds. The number of rotatable bonds is 7. The van der Waals surface area contributed by atoms with Crippen LogP contribution in [0.15, 0.2) is 103 Å². The molecule has 2 atom stereocenters. The first-order chi connectivity index (χ1) is 26.6. The van der Waals surface area contributed by atoms with E-state index in [1.54, 1.807) is 4.90 Å². The van der Waals surface area contributed by atoms with Crippen LogP contribution in [0, 0.1) is 5.41 Å². The third-order valence-corrected chi connectivity index (χ3v) is 11.3. The molecule has 3 fully saturated rings. The average Bonchev–Trinajstić information content (AvgIpc) is 3.72. The van der Waals surface area contributed by atoms with Gasteiger partial charge in [-0.05, 0) is 103 Å². The summed E-state index contributed by atoms with van der Waals surface area (Å²) in [6.45, 7) is 7.35. The van der Waals surface area contributed by atoms with Gasteiger partial charge in [0.2, 0.25) is 0 Å². The van der Waals surface area contributed by atoms with Crippen LogP contribution in [0.3, 0.4) is 0 Å². The van der Waals surface area contributed by atoms with E-state index in [4.69, 9.17) is 19.4 Å². The molecular weight excluding hydrogens is 689 g/mol. The highest BCUT2D eigenvalue weighted by atomic mass is 16.6. The molecule has 0 radical (unpaired) electrons. The number of nitrogens with zero attached hydrogens (tertiary/aromatic N) is 4. The number of likely N-dealkylation sites (tertiary alicyclic amines) is 2. The zero-order chi connectivity index (χ0) is 37.7. The second-order valence-electron chi connectivity index (χ2n) is 16.4. The lowest BCUT2D eigenvalue weighted by Crippen LogP contribution is -2.37. The van der Waals surface area contributed by atoms with E-state index in [0.717, 1.165) is 100 Å². The van der Waals surface area contributed by atoms with Crippen molar-refractivity contribution in [2.45, 2.75) is 77.2 Å². The first-order valence-corrected chi connectivity index (χ1v) is 19.3. The smallest absolute Gasteiger partial charge is 0.410 e. The second-order valence-corrected chi connectivity index (χ2v) is 16.4. The lowest BCUT2D eigenvalue weighted by Gasteiger charge is -2.27. The first kappa shape index (κ1) is 34.8. The van der Waals surface area contributed by atoms with Gasteiger partial charge in [0.15, 0.2) is 0 Å². The van der Waals surface area contributed by atoms with Gasteiger partial charge in [0.25, 0.3) is 0 Å². The number of aromatic nitrogens is 4. The molecule has 9 rings (SSSR count). The summed E-state index contributed by atoms with van der Waals surface area (Å²) in [6, 6.07) is 31.0. The highest BCUT2D eigenvalue weighted by Crippen LogP contribution is 2.58. The van der Waals surface area contributed by atoms with E-state index in [9.17, 15) is 9.59 Å². The minimum absolute atomic E-state index is 0.113. The van der Waals surface area contributed by atoms with Gasteiger partial charge in [-0.2, -0.15) is 0 Å². The summed E-state index contributed by atoms with van der Waals surface area (Å²) in [5.74, 6) is 1.59. The van der Waals surface area contributed by atoms with Gasteiger partial charge < -0.3 is 19.4 Å². The van der Waals surface area contributed by atoms with Crippen molar-refractivity contribution in [1.29, 1.82) is 0 Å². The molecule has 4 heterocycles. The third kappa shape index (κ3) is 7.21. The van der Waals surface area contributed by atoms with Crippen molar-refractivity contribution >= 4 is 23.0 Å². The van der Waals surface area contributed by atoms with Crippen LogP contribution in [-0.2, 0) is 16.1 Å². The monoisotopic (exact) mass is 734 g/mol. The maximum absolute atomic E-state index is 13.1. The van der Waals surface area contributed by atoms with Gasteiger partial charge in [0.1, 0.15) is 23.9 Å². The molecule has 1 spiro atoms. The fourth-order valence-corrected chi connectivity index (χ4v) is 8.16. The average molecular weight is 735 g/mol. The molecule has 4 aromatic carbocycles. The molecule has 2 aliphatic heterocycles. The van der Waals surface area contributed by atoms with Crippen LogP contribution in [-0.4, -0.2) is 60.6 Å². The molecule has 2 N–H and O–H groups in total. The van der Waals surface area contributed by atoms with Crippen LogP contribution < -0.4 is 0 Å². The third-order valence-electron chi connectivity index (χ3n) is 11.3. The number of ether oxygens (including phenoxy) is 2. The molecule has 6 aromatic rings. The lowest BCUT2D eigenvalue weighted by atomic mass is 9.98. The van der Waals surface area contributed by atoms with Crippen LogP contribution >= 0.6 is 0 Å². The number of imidazole rings is 2. The summed E-state index contributed by atoms with van der Waals surface area (Å²) >= 11 is 0. The van der Waals surface area contributed by atoms with Gasteiger partial charge in [0.05, 0.1) is 35.9 Å². The molecule has 2 aromatic heterocycles. The Hall–Kier alpha value is -5.90. The van der Waals surface area contributed by atoms with Gasteiger partial charge in [-0.3, -0.25) is 9.80 Å². The fourth-order valence-electron chi connectivity index (χ4n) is 8.16. The summed E-state index contributed by atoms with van der Waals surface area (Å²) in [6.07, 6.45) is 8.11. The number of benzene rings is 4. The van der Waals surface area contributed by atoms with Gasteiger partial charge >= 0.3 is 12.2 Å². The Labute approximate surface area is 320 Å². The zero-order valence-electron chi connectivity index (χ0n) is 31.5. The molecule has 10 nitrogen and oxygen atoms in total. The number of hydrogen-bond donors (Lipinski definition) is 2. The van der Waals surface area contributed by atoms with E-state index in [1.807, 2.05) is 68.4 Å². The second kappa shape index (κ2) is 13.7. The van der Waals surface area contributed by atoms with Crippen LogP contribution in [0.1, 0.15) is 82.2 Å². The van der Waals surface area contributed by atoms with E-state index >= 15 is 0 Å². The Morgan fingerprint density at radius 2 is 1.36 bits per heavy atom. The van der Waals surface area contributed by atoms with Gasteiger partial charge in [-0.1, -0.05) is 78.9 Å². The number of aromatic amines is 2. The maximum atomic E-state index is 13.1. The minimum atomic E-state index is -0.544. The molecule has 55 heavy (non-hydrogen) atoms. The predicted molar refractivity (Wildman–Crippen MR) is 212 cm³/mol. The molecular formula is C45H46N6O4. The number of fused-ring (bicyclic) bond motifs is 1. The topological polar surface area (TPSA) is 116 Å². The van der Waals surface area contributed by atoms with Crippen LogP contribution in [0.5, 0.6) is 0 Å². The summed E-state index contributed by atoms with van der Waals surface area (Å²) in [4.78, 5) is 46.3. The number of amides is 2. The molecule has 2 unspecified atom stereocenters. The maximum Gasteiger partial charge on any atom is 0.410 e. The fraction of sp³-hybridized carbons (Fsp3) is 0.333. The summed E-state index contributed by atoms with van der Waals surface area (Å²) in [7, 11) is 0. The Morgan fingerprint density at radius 3 is 2.05 bits per heavy atom. The van der Waals surface area contributed by atoms with Crippen molar-refractivity contribution in [3.05, 3.63) is 121 Å². The van der Waals surface area contributed by atoms with E-state index in [-0.39, 0.29) is 36.3 Å². The lowest BCUT2D eigenvalue weighted by molar-refractivity contribution is 0.0212. The highest BCUT2D eigenvalue weighted by molar-refractivity contribution is 5.90. The van der Waals surface area contributed by atoms with E-state index < -0.39 is 5.60 Å². The van der Waals surface area contributed by atoms with Crippen molar-refractivity contribution in [1.82, 2.24) is 29.7 Å². The number of nitrogens with one attached hydrogen (secondary N) is 2. The molecule has 1 aliphatic carbocycles. The first-order valence-electron chi connectivity index (χ1n) is 19.3. The Bertz CT molecular complexity index is 2350. The Kier molecular flexibility index (Phi) is 8.71. The van der Waals surface area contributed by atoms with Crippen molar-refractivity contribution in [3.63, 3.8) is 0 Å². The number of hydrogen-bond acceptors (Lipinski definition) is 6. The van der Waals surface area contributed by atoms with Crippen molar-refractivity contribution in [2.24, 2.45) is 5.41 Å². The molecule has 0 bridgehead atoms. The normalized spacial score (nSPS) is 19.0. The van der Waals surface area contributed by atoms with E-state index in [1.165, 1.54) is 0 Å². The molecule has 2 saturated heterocycles. The van der Waals surface area contributed by atoms with Crippen molar-refractivity contribution in [2.75, 3.05) is 13.1 Å². The number of carbonyl (C=O) groups excluding carboxylic acids is 2. The molecule has 1 saturated carbocycles. The quantitative estimate of drug-likeness (QED) is 0.169. The minimum Gasteiger partial charge on any atom is -0.445 e. The number of H-pyrrole nitrogens is 2.